The number of carbonyl (C=O) groups is 1. The van der Waals surface area contributed by atoms with Crippen LogP contribution >= 0.6 is 0 Å². The topological polar surface area (TPSA) is 37.3 Å². The summed E-state index contributed by atoms with van der Waals surface area (Å²) in [7, 11) is 0. The van der Waals surface area contributed by atoms with Gasteiger partial charge in [-0.15, -0.1) is 0 Å². The molecule has 0 spiro atoms. The van der Waals surface area contributed by atoms with Crippen molar-refractivity contribution in [2.24, 2.45) is 0 Å². The Hall–Kier alpha value is -0.520. The van der Waals surface area contributed by atoms with Crippen LogP contribution in [0.5, 0.6) is 0 Å². The number of hydrogen-bond donors (Lipinski definition) is 1. The third kappa shape index (κ3) is 2.84. The summed E-state index contributed by atoms with van der Waals surface area (Å²) < 4.78 is 1.04. The van der Waals surface area contributed by atoms with Crippen LogP contribution in [0.4, 0.5) is 0 Å². The van der Waals surface area contributed by atoms with Crippen molar-refractivity contribution in [1.29, 1.82) is 0 Å². The quantitative estimate of drug-likeness (QED) is 0.834. The van der Waals surface area contributed by atoms with E-state index in [1.807, 2.05) is 30.3 Å². The molecule has 1 aromatic carbocycles. The van der Waals surface area contributed by atoms with Crippen molar-refractivity contribution in [3.8, 4) is 0 Å². The van der Waals surface area contributed by atoms with Crippen LogP contribution in [0.25, 0.3) is 0 Å². The summed E-state index contributed by atoms with van der Waals surface area (Å²) in [4.78, 5) is 10.5. The molecule has 0 saturated heterocycles. The summed E-state index contributed by atoms with van der Waals surface area (Å²) in [5.41, 5.74) is 0. The van der Waals surface area contributed by atoms with Crippen LogP contribution < -0.4 is 3.61 Å². The van der Waals surface area contributed by atoms with Crippen LogP contribution in [0, 0.1) is 0 Å². The van der Waals surface area contributed by atoms with Gasteiger partial charge in [0.2, 0.25) is 0 Å². The predicted molar refractivity (Wildman–Crippen MR) is 48.9 cm³/mol. The van der Waals surface area contributed by atoms with Gasteiger partial charge in [0.1, 0.15) is 0 Å². The second kappa shape index (κ2) is 4.49. The van der Waals surface area contributed by atoms with Gasteiger partial charge in [0, 0.05) is 0 Å². The summed E-state index contributed by atoms with van der Waals surface area (Å²) >= 11 is -0.555. The predicted octanol–water partition coefficient (Wildman–Crippen LogP) is 0.909. The van der Waals surface area contributed by atoms with E-state index in [9.17, 15) is 4.79 Å². The molecule has 1 atom stereocenters. The molecule has 64 valence electrons. The Bertz CT molecular complexity index is 258. The van der Waals surface area contributed by atoms with E-state index in [1.54, 1.807) is 6.92 Å². The molecule has 0 radical (unpaired) electrons. The summed E-state index contributed by atoms with van der Waals surface area (Å²) in [6, 6.07) is 9.86. The molecule has 0 bridgehead atoms. The Morgan fingerprint density at radius 1 is 1.42 bits per heavy atom. The molecular weight excluding hydrogens is 268 g/mol. The van der Waals surface area contributed by atoms with Gasteiger partial charge in [0.05, 0.1) is 0 Å². The van der Waals surface area contributed by atoms with Gasteiger partial charge in [0.25, 0.3) is 0 Å². The molecule has 0 aromatic heterocycles. The average Bonchev–Trinajstić information content (AvgIpc) is 2.06. The second-order valence-electron chi connectivity index (χ2n) is 2.41. The first-order valence-corrected chi connectivity index (χ1v) is 6.15. The van der Waals surface area contributed by atoms with Gasteiger partial charge in [-0.3, -0.25) is 0 Å². The molecular formula is C9H10O2Te. The van der Waals surface area contributed by atoms with Crippen LogP contribution in [0.2, 0.25) is 3.97 Å². The molecule has 0 heterocycles. The van der Waals surface area contributed by atoms with Crippen LogP contribution in [0.15, 0.2) is 30.3 Å². The summed E-state index contributed by atoms with van der Waals surface area (Å²) in [6.45, 7) is 1.78. The maximum atomic E-state index is 10.5. The average molecular weight is 278 g/mol. The van der Waals surface area contributed by atoms with Crippen molar-refractivity contribution in [2.75, 3.05) is 0 Å². The number of carboxylic acid groups (broad SMARTS) is 1. The fraction of sp³-hybridized carbons (Fsp3) is 0.222. The minimum atomic E-state index is -0.679. The third-order valence-corrected chi connectivity index (χ3v) is 4.54. The van der Waals surface area contributed by atoms with Gasteiger partial charge in [-0.1, -0.05) is 0 Å². The van der Waals surface area contributed by atoms with E-state index in [-0.39, 0.29) is 3.97 Å². The van der Waals surface area contributed by atoms with E-state index < -0.39 is 26.9 Å². The molecule has 1 aromatic rings. The van der Waals surface area contributed by atoms with Gasteiger partial charge < -0.3 is 0 Å². The first-order valence-electron chi connectivity index (χ1n) is 3.64. The van der Waals surface area contributed by atoms with Crippen molar-refractivity contribution < 1.29 is 9.90 Å². The molecule has 12 heavy (non-hydrogen) atoms. The zero-order chi connectivity index (χ0) is 8.97. The molecule has 1 rings (SSSR count). The monoisotopic (exact) mass is 280 g/mol. The minimum absolute atomic E-state index is 0.169. The Kier molecular flexibility index (Phi) is 3.58. The van der Waals surface area contributed by atoms with Gasteiger partial charge in [-0.25, -0.2) is 0 Å². The van der Waals surface area contributed by atoms with E-state index in [0.717, 1.165) is 0 Å². The maximum absolute atomic E-state index is 10.5. The summed E-state index contributed by atoms with van der Waals surface area (Å²) in [5, 5.41) is 8.68. The van der Waals surface area contributed by atoms with Crippen molar-refractivity contribution in [1.82, 2.24) is 0 Å². The summed E-state index contributed by atoms with van der Waals surface area (Å²) in [6.07, 6.45) is 0. The number of hydrogen-bond acceptors (Lipinski definition) is 1. The van der Waals surface area contributed by atoms with Crippen LogP contribution in [-0.2, 0) is 4.79 Å². The second-order valence-corrected chi connectivity index (χ2v) is 6.45. The molecule has 0 aliphatic heterocycles. The number of carboxylic acids is 1. The molecule has 0 amide bonds. The van der Waals surface area contributed by atoms with Crippen molar-refractivity contribution in [2.45, 2.75) is 10.9 Å². The zero-order valence-electron chi connectivity index (χ0n) is 6.73. The normalized spacial score (nSPS) is 12.4. The summed E-state index contributed by atoms with van der Waals surface area (Å²) in [5.74, 6) is -0.679. The molecule has 3 heteroatoms. The Morgan fingerprint density at radius 2 is 2.00 bits per heavy atom. The van der Waals surface area contributed by atoms with E-state index >= 15 is 0 Å². The third-order valence-electron chi connectivity index (χ3n) is 1.40. The molecule has 0 fully saturated rings. The molecule has 0 saturated carbocycles. The Balaban J connectivity index is 2.58. The van der Waals surface area contributed by atoms with Crippen molar-refractivity contribution in [3.05, 3.63) is 30.3 Å². The number of benzene rings is 1. The van der Waals surface area contributed by atoms with E-state index in [1.165, 1.54) is 3.61 Å². The van der Waals surface area contributed by atoms with E-state index in [2.05, 4.69) is 0 Å². The van der Waals surface area contributed by atoms with Gasteiger partial charge in [-0.2, -0.15) is 0 Å². The molecule has 0 aliphatic rings. The van der Waals surface area contributed by atoms with E-state index in [4.69, 9.17) is 5.11 Å². The van der Waals surface area contributed by atoms with Crippen LogP contribution in [0.3, 0.4) is 0 Å². The molecule has 2 nitrogen and oxygen atoms in total. The van der Waals surface area contributed by atoms with Crippen LogP contribution in [0.1, 0.15) is 6.92 Å². The van der Waals surface area contributed by atoms with E-state index in [0.29, 0.717) is 0 Å². The number of aliphatic carboxylic acids is 1. The Morgan fingerprint density at radius 3 is 2.50 bits per heavy atom. The molecule has 1 N–H and O–H groups in total. The SMILES string of the molecule is CC([Te]c1ccccc1)C(=O)O. The number of rotatable bonds is 3. The van der Waals surface area contributed by atoms with Crippen LogP contribution in [-0.4, -0.2) is 32.0 Å². The van der Waals surface area contributed by atoms with Crippen molar-refractivity contribution in [3.63, 3.8) is 0 Å². The Labute approximate surface area is 81.7 Å². The van der Waals surface area contributed by atoms with Gasteiger partial charge in [-0.05, 0) is 0 Å². The fourth-order valence-corrected chi connectivity index (χ4v) is 3.10. The molecule has 1 unspecified atom stereocenters. The first kappa shape index (κ1) is 9.57. The molecule has 0 aliphatic carbocycles. The van der Waals surface area contributed by atoms with Gasteiger partial charge in [0.15, 0.2) is 0 Å². The standard InChI is InChI=1S/C9H10O2Te/c1-7(9(10)11)12-8-5-3-2-4-6-8/h2-7H,1H3,(H,10,11). The van der Waals surface area contributed by atoms with Gasteiger partial charge >= 0.3 is 81.6 Å². The fourth-order valence-electron chi connectivity index (χ4n) is 0.754. The van der Waals surface area contributed by atoms with Crippen molar-refractivity contribution >= 4 is 30.5 Å². The first-order chi connectivity index (χ1) is 5.70. The zero-order valence-corrected chi connectivity index (χ0v) is 9.06.